The van der Waals surface area contributed by atoms with Crippen LogP contribution in [-0.2, 0) is 0 Å². The fourth-order valence-corrected chi connectivity index (χ4v) is 1.19. The van der Waals surface area contributed by atoms with E-state index < -0.39 is 0 Å². The standard InChI is InChI=1S/C10H12N4/c1-7(2)10-11-5-8(6-12-10)9-3-4-13-14-9/h3-7H,1-2H3,(H,13,14). The highest BCUT2D eigenvalue weighted by atomic mass is 15.1. The minimum atomic E-state index is 0.366. The maximum Gasteiger partial charge on any atom is 0.130 e. The molecule has 0 atom stereocenters. The Bertz CT molecular complexity index is 389. The van der Waals surface area contributed by atoms with Crippen molar-refractivity contribution in [3.05, 3.63) is 30.5 Å². The molecule has 0 spiro atoms. The van der Waals surface area contributed by atoms with E-state index in [-0.39, 0.29) is 0 Å². The normalized spacial score (nSPS) is 10.8. The second-order valence-corrected chi connectivity index (χ2v) is 3.45. The van der Waals surface area contributed by atoms with E-state index in [1.165, 1.54) is 0 Å². The van der Waals surface area contributed by atoms with Crippen LogP contribution in [0.25, 0.3) is 11.3 Å². The van der Waals surface area contributed by atoms with Crippen molar-refractivity contribution in [3.63, 3.8) is 0 Å². The van der Waals surface area contributed by atoms with Crippen LogP contribution in [0.1, 0.15) is 25.6 Å². The molecule has 72 valence electrons. The predicted molar refractivity (Wildman–Crippen MR) is 53.7 cm³/mol. The van der Waals surface area contributed by atoms with Crippen molar-refractivity contribution in [2.45, 2.75) is 19.8 Å². The molecule has 0 amide bonds. The van der Waals surface area contributed by atoms with Crippen molar-refractivity contribution in [2.75, 3.05) is 0 Å². The summed E-state index contributed by atoms with van der Waals surface area (Å²) in [5, 5.41) is 6.75. The molecule has 0 aliphatic heterocycles. The van der Waals surface area contributed by atoms with Crippen LogP contribution in [0.4, 0.5) is 0 Å². The van der Waals surface area contributed by atoms with Gasteiger partial charge in [0.2, 0.25) is 0 Å². The first kappa shape index (κ1) is 8.87. The van der Waals surface area contributed by atoms with E-state index in [0.29, 0.717) is 5.92 Å². The van der Waals surface area contributed by atoms with Gasteiger partial charge in [-0.3, -0.25) is 5.10 Å². The Kier molecular flexibility index (Phi) is 2.26. The van der Waals surface area contributed by atoms with Crippen LogP contribution in [0.2, 0.25) is 0 Å². The third-order valence-electron chi connectivity index (χ3n) is 2.00. The molecule has 2 heterocycles. The topological polar surface area (TPSA) is 54.5 Å². The molecule has 2 aromatic rings. The zero-order chi connectivity index (χ0) is 9.97. The Labute approximate surface area is 82.4 Å². The average molecular weight is 188 g/mol. The van der Waals surface area contributed by atoms with Gasteiger partial charge in [0.25, 0.3) is 0 Å². The van der Waals surface area contributed by atoms with E-state index in [9.17, 15) is 0 Å². The maximum absolute atomic E-state index is 4.28. The van der Waals surface area contributed by atoms with Crippen LogP contribution in [-0.4, -0.2) is 20.2 Å². The first-order chi connectivity index (χ1) is 6.77. The van der Waals surface area contributed by atoms with Gasteiger partial charge in [0, 0.05) is 30.1 Å². The number of aromatic amines is 1. The molecule has 4 heteroatoms. The Morgan fingerprint density at radius 3 is 2.43 bits per heavy atom. The van der Waals surface area contributed by atoms with Crippen LogP contribution in [0.3, 0.4) is 0 Å². The fraction of sp³-hybridized carbons (Fsp3) is 0.300. The van der Waals surface area contributed by atoms with Gasteiger partial charge in [-0.25, -0.2) is 9.97 Å². The van der Waals surface area contributed by atoms with Crippen molar-refractivity contribution in [1.29, 1.82) is 0 Å². The van der Waals surface area contributed by atoms with Gasteiger partial charge in [0.05, 0.1) is 5.69 Å². The van der Waals surface area contributed by atoms with Gasteiger partial charge in [0.1, 0.15) is 5.82 Å². The highest BCUT2D eigenvalue weighted by Crippen LogP contribution is 2.15. The number of hydrogen-bond acceptors (Lipinski definition) is 3. The number of nitrogens with zero attached hydrogens (tertiary/aromatic N) is 3. The zero-order valence-electron chi connectivity index (χ0n) is 8.23. The minimum absolute atomic E-state index is 0.366. The summed E-state index contributed by atoms with van der Waals surface area (Å²) < 4.78 is 0. The molecule has 0 aliphatic rings. The lowest BCUT2D eigenvalue weighted by molar-refractivity contribution is 0.774. The van der Waals surface area contributed by atoms with Gasteiger partial charge in [-0.1, -0.05) is 13.8 Å². The van der Waals surface area contributed by atoms with Crippen molar-refractivity contribution in [2.24, 2.45) is 0 Å². The molecule has 0 aliphatic carbocycles. The molecule has 1 N–H and O–H groups in total. The summed E-state index contributed by atoms with van der Waals surface area (Å²) in [4.78, 5) is 8.55. The zero-order valence-corrected chi connectivity index (χ0v) is 8.23. The fourth-order valence-electron chi connectivity index (χ4n) is 1.19. The maximum atomic E-state index is 4.28. The van der Waals surface area contributed by atoms with Crippen LogP contribution >= 0.6 is 0 Å². The van der Waals surface area contributed by atoms with E-state index in [0.717, 1.165) is 17.1 Å². The minimum Gasteiger partial charge on any atom is -0.278 e. The van der Waals surface area contributed by atoms with E-state index in [4.69, 9.17) is 0 Å². The molecule has 2 rings (SSSR count). The van der Waals surface area contributed by atoms with Crippen LogP contribution in [0.15, 0.2) is 24.7 Å². The average Bonchev–Trinajstić information content (AvgIpc) is 2.71. The number of H-pyrrole nitrogens is 1. The van der Waals surface area contributed by atoms with Crippen molar-refractivity contribution in [1.82, 2.24) is 20.2 Å². The molecule has 0 saturated carbocycles. The molecule has 0 fully saturated rings. The predicted octanol–water partition coefficient (Wildman–Crippen LogP) is 1.99. The number of nitrogens with one attached hydrogen (secondary N) is 1. The van der Waals surface area contributed by atoms with Crippen molar-refractivity contribution < 1.29 is 0 Å². The summed E-state index contributed by atoms with van der Waals surface area (Å²) in [6.07, 6.45) is 5.34. The van der Waals surface area contributed by atoms with E-state index in [1.807, 2.05) is 18.5 Å². The van der Waals surface area contributed by atoms with E-state index in [1.54, 1.807) is 6.20 Å². The Morgan fingerprint density at radius 2 is 1.93 bits per heavy atom. The third kappa shape index (κ3) is 1.64. The molecule has 2 aromatic heterocycles. The van der Waals surface area contributed by atoms with Gasteiger partial charge in [-0.15, -0.1) is 0 Å². The lowest BCUT2D eigenvalue weighted by atomic mass is 10.2. The van der Waals surface area contributed by atoms with Crippen LogP contribution < -0.4 is 0 Å². The van der Waals surface area contributed by atoms with Gasteiger partial charge < -0.3 is 0 Å². The quantitative estimate of drug-likeness (QED) is 0.784. The molecule has 4 nitrogen and oxygen atoms in total. The largest absolute Gasteiger partial charge is 0.278 e. The van der Waals surface area contributed by atoms with Gasteiger partial charge in [-0.2, -0.15) is 5.10 Å². The highest BCUT2D eigenvalue weighted by molar-refractivity contribution is 5.55. The molecular weight excluding hydrogens is 176 g/mol. The smallest absolute Gasteiger partial charge is 0.130 e. The number of aromatic nitrogens is 4. The lowest BCUT2D eigenvalue weighted by Gasteiger charge is -2.02. The Hall–Kier alpha value is -1.71. The van der Waals surface area contributed by atoms with Crippen LogP contribution in [0, 0.1) is 0 Å². The van der Waals surface area contributed by atoms with Gasteiger partial charge >= 0.3 is 0 Å². The summed E-state index contributed by atoms with van der Waals surface area (Å²) in [5.41, 5.74) is 1.91. The highest BCUT2D eigenvalue weighted by Gasteiger charge is 2.03. The summed E-state index contributed by atoms with van der Waals surface area (Å²) in [6, 6.07) is 1.90. The first-order valence-corrected chi connectivity index (χ1v) is 4.59. The summed E-state index contributed by atoms with van der Waals surface area (Å²) >= 11 is 0. The summed E-state index contributed by atoms with van der Waals surface area (Å²) in [7, 11) is 0. The monoisotopic (exact) mass is 188 g/mol. The van der Waals surface area contributed by atoms with Crippen LogP contribution in [0.5, 0.6) is 0 Å². The Morgan fingerprint density at radius 1 is 1.21 bits per heavy atom. The molecule has 0 unspecified atom stereocenters. The molecular formula is C10H12N4. The second kappa shape index (κ2) is 3.57. The molecule has 14 heavy (non-hydrogen) atoms. The van der Waals surface area contributed by atoms with Gasteiger partial charge in [0.15, 0.2) is 0 Å². The first-order valence-electron chi connectivity index (χ1n) is 4.59. The lowest BCUT2D eigenvalue weighted by Crippen LogP contribution is -1.96. The Balaban J connectivity index is 2.31. The molecule has 0 bridgehead atoms. The number of hydrogen-bond donors (Lipinski definition) is 1. The molecule has 0 radical (unpaired) electrons. The molecule has 0 aromatic carbocycles. The summed E-state index contributed by atoms with van der Waals surface area (Å²) in [6.45, 7) is 4.15. The van der Waals surface area contributed by atoms with E-state index >= 15 is 0 Å². The van der Waals surface area contributed by atoms with Gasteiger partial charge in [-0.05, 0) is 6.07 Å². The third-order valence-corrected chi connectivity index (χ3v) is 2.00. The van der Waals surface area contributed by atoms with Crippen molar-refractivity contribution >= 4 is 0 Å². The second-order valence-electron chi connectivity index (χ2n) is 3.45. The molecule has 0 saturated heterocycles. The SMILES string of the molecule is CC(C)c1ncc(-c2ccn[nH]2)cn1. The van der Waals surface area contributed by atoms with E-state index in [2.05, 4.69) is 34.0 Å². The summed E-state index contributed by atoms with van der Waals surface area (Å²) in [5.74, 6) is 1.24. The number of rotatable bonds is 2. The van der Waals surface area contributed by atoms with Crippen molar-refractivity contribution in [3.8, 4) is 11.3 Å².